The summed E-state index contributed by atoms with van der Waals surface area (Å²) in [7, 11) is 0. The second-order valence-corrected chi connectivity index (χ2v) is 21.9. The highest BCUT2D eigenvalue weighted by Gasteiger charge is 2.47. The minimum Gasteiger partial charge on any atom is -0.456 e. The van der Waals surface area contributed by atoms with E-state index >= 15 is 0 Å². The molecule has 9 aromatic rings. The number of furan rings is 2. The molecule has 1 unspecified atom stereocenters. The van der Waals surface area contributed by atoms with E-state index in [1.807, 2.05) is 23.5 Å². The molecule has 4 nitrogen and oxygen atoms in total. The number of aryl methyl sites for hydroxylation is 3. The molecule has 320 valence electrons. The van der Waals surface area contributed by atoms with Gasteiger partial charge in [0.2, 0.25) is 0 Å². The van der Waals surface area contributed by atoms with E-state index in [2.05, 4.69) is 200 Å². The minimum absolute atomic E-state index is 0.00108. The molecule has 0 saturated carbocycles. The van der Waals surface area contributed by atoms with Gasteiger partial charge in [-0.05, 0) is 167 Å². The largest absolute Gasteiger partial charge is 0.456 e. The fourth-order valence-electron chi connectivity index (χ4n) is 10.9. The van der Waals surface area contributed by atoms with Crippen molar-refractivity contribution in [1.29, 1.82) is 0 Å². The van der Waals surface area contributed by atoms with Crippen molar-refractivity contribution in [2.75, 3.05) is 9.80 Å². The van der Waals surface area contributed by atoms with Gasteiger partial charge in [0.15, 0.2) is 0 Å². The van der Waals surface area contributed by atoms with E-state index in [9.17, 15) is 0 Å². The van der Waals surface area contributed by atoms with Crippen LogP contribution in [0.2, 0.25) is 0 Å². The van der Waals surface area contributed by atoms with Gasteiger partial charge in [-0.15, -0.1) is 11.3 Å². The standard InChI is InChI=1S/C59H53BN2O2S/c1-34-26-47-55-48(27-34)62(56-35(2)28-42(29-36(56)3)59(7,8)9)57-54(44-33-41(58(4,5)6)21-25-53(44)65-57)60(55)45-30-40(52-32-39-15-11-13-17-50(39)64-52)20-24-46(45)61(47)43-22-18-37(19-23-43)51-31-38-14-10-12-16-49(38)63-51/h10-32,41H,33H2,1-9H3. The van der Waals surface area contributed by atoms with Gasteiger partial charge in [-0.25, -0.2) is 0 Å². The molecule has 12 rings (SSSR count). The van der Waals surface area contributed by atoms with E-state index in [1.54, 1.807) is 0 Å². The van der Waals surface area contributed by atoms with Crippen LogP contribution in [0, 0.1) is 32.1 Å². The Balaban J connectivity index is 1.13. The molecule has 2 aliphatic heterocycles. The first-order valence-corrected chi connectivity index (χ1v) is 23.9. The zero-order chi connectivity index (χ0) is 44.7. The highest BCUT2D eigenvalue weighted by molar-refractivity contribution is 7.21. The van der Waals surface area contributed by atoms with Gasteiger partial charge < -0.3 is 18.6 Å². The smallest absolute Gasteiger partial charge is 0.253 e. The van der Waals surface area contributed by atoms with Crippen molar-refractivity contribution in [3.63, 3.8) is 0 Å². The predicted octanol–water partition coefficient (Wildman–Crippen LogP) is 15.1. The van der Waals surface area contributed by atoms with Gasteiger partial charge in [-0.2, -0.15) is 0 Å². The van der Waals surface area contributed by atoms with E-state index < -0.39 is 0 Å². The summed E-state index contributed by atoms with van der Waals surface area (Å²) in [6, 6.07) is 46.7. The van der Waals surface area contributed by atoms with Crippen molar-refractivity contribution >= 4 is 95.9 Å². The fraction of sp³-hybridized carbons (Fsp3) is 0.220. The third-order valence-corrected chi connectivity index (χ3v) is 15.5. The lowest BCUT2D eigenvalue weighted by Gasteiger charge is -2.44. The maximum Gasteiger partial charge on any atom is 0.253 e. The summed E-state index contributed by atoms with van der Waals surface area (Å²) in [4.78, 5) is 6.56. The molecule has 0 spiro atoms. The number of hydrogen-bond donors (Lipinski definition) is 0. The van der Waals surface area contributed by atoms with Crippen LogP contribution in [0.5, 0.6) is 0 Å². The fourth-order valence-corrected chi connectivity index (χ4v) is 12.2. The van der Waals surface area contributed by atoms with E-state index in [0.29, 0.717) is 5.92 Å². The average molecular weight is 865 g/mol. The first-order chi connectivity index (χ1) is 31.2. The van der Waals surface area contributed by atoms with Crippen molar-refractivity contribution < 1.29 is 8.83 Å². The van der Waals surface area contributed by atoms with Crippen molar-refractivity contribution in [3.8, 4) is 22.6 Å². The molecular formula is C59H53BN2O2S. The second kappa shape index (κ2) is 14.3. The molecule has 0 saturated heterocycles. The van der Waals surface area contributed by atoms with Crippen LogP contribution in [0.15, 0.2) is 142 Å². The van der Waals surface area contributed by atoms with Crippen LogP contribution in [-0.4, -0.2) is 6.71 Å². The number of rotatable bonds is 4. The molecule has 3 aliphatic rings. The van der Waals surface area contributed by atoms with Gasteiger partial charge in [0, 0.05) is 49.5 Å². The summed E-state index contributed by atoms with van der Waals surface area (Å²) in [6.07, 6.45) is 5.94. The summed E-state index contributed by atoms with van der Waals surface area (Å²) in [5.74, 6) is 2.18. The van der Waals surface area contributed by atoms with Crippen molar-refractivity contribution in [1.82, 2.24) is 0 Å². The molecule has 6 heteroatoms. The Morgan fingerprint density at radius 1 is 0.615 bits per heavy atom. The number of allylic oxidation sites excluding steroid dienone is 1. The van der Waals surface area contributed by atoms with Crippen LogP contribution in [0.4, 0.5) is 33.4 Å². The molecule has 6 aromatic carbocycles. The average Bonchev–Trinajstić information content (AvgIpc) is 4.01. The van der Waals surface area contributed by atoms with Gasteiger partial charge >= 0.3 is 0 Å². The number of para-hydroxylation sites is 2. The van der Waals surface area contributed by atoms with Crippen molar-refractivity contribution in [3.05, 3.63) is 166 Å². The summed E-state index contributed by atoms with van der Waals surface area (Å²) in [6.45, 7) is 21.0. The molecule has 0 fully saturated rings. The lowest BCUT2D eigenvalue weighted by atomic mass is 9.33. The molecule has 0 radical (unpaired) electrons. The van der Waals surface area contributed by atoms with E-state index in [1.165, 1.54) is 76.8 Å². The SMILES string of the molecule is Cc1cc2c3c(c1)N(c1c(C)cc(C(C)(C)C)cc1C)c1sc4c(c1B3c1cc(-c3cc5ccccc5o3)ccc1N2c1ccc(-c2cc3ccccc3o2)cc1)CC(C(C)(C)C)C=C4. The van der Waals surface area contributed by atoms with E-state index in [-0.39, 0.29) is 17.5 Å². The molecule has 0 amide bonds. The summed E-state index contributed by atoms with van der Waals surface area (Å²) < 4.78 is 13.0. The van der Waals surface area contributed by atoms with Crippen LogP contribution in [0.3, 0.4) is 0 Å². The number of benzene rings is 6. The van der Waals surface area contributed by atoms with Crippen molar-refractivity contribution in [2.45, 2.75) is 74.1 Å². The third-order valence-electron chi connectivity index (χ3n) is 14.3. The minimum atomic E-state index is -0.00108. The predicted molar refractivity (Wildman–Crippen MR) is 277 cm³/mol. The van der Waals surface area contributed by atoms with Crippen molar-refractivity contribution in [2.24, 2.45) is 11.3 Å². The topological polar surface area (TPSA) is 32.8 Å². The lowest BCUT2D eigenvalue weighted by molar-refractivity contribution is 0.291. The number of hydrogen-bond acceptors (Lipinski definition) is 5. The Morgan fingerprint density at radius 3 is 1.83 bits per heavy atom. The Hall–Kier alpha value is -6.50. The summed E-state index contributed by atoms with van der Waals surface area (Å²) >= 11 is 1.97. The molecule has 1 aliphatic carbocycles. The highest BCUT2D eigenvalue weighted by Crippen LogP contribution is 2.51. The molecule has 65 heavy (non-hydrogen) atoms. The van der Waals surface area contributed by atoms with E-state index in [0.717, 1.165) is 56.7 Å². The molecule has 1 atom stereocenters. The number of fused-ring (bicyclic) bond motifs is 8. The number of nitrogens with zero attached hydrogens (tertiary/aromatic N) is 2. The molecular weight excluding hydrogens is 812 g/mol. The quantitative estimate of drug-likeness (QED) is 0.165. The molecule has 3 aromatic heterocycles. The highest BCUT2D eigenvalue weighted by atomic mass is 32.1. The summed E-state index contributed by atoms with van der Waals surface area (Å²) in [5.41, 5.74) is 20.9. The normalized spacial score (nSPS) is 15.4. The van der Waals surface area contributed by atoms with Crippen LogP contribution in [0.25, 0.3) is 50.7 Å². The van der Waals surface area contributed by atoms with Gasteiger partial charge in [-0.1, -0.05) is 102 Å². The van der Waals surface area contributed by atoms with Crippen LogP contribution >= 0.6 is 11.3 Å². The molecule has 0 bridgehead atoms. The van der Waals surface area contributed by atoms with Gasteiger partial charge in [0.05, 0.1) is 10.7 Å². The van der Waals surface area contributed by atoms with Gasteiger partial charge in [0.25, 0.3) is 6.71 Å². The first kappa shape index (κ1) is 40.0. The zero-order valence-electron chi connectivity index (χ0n) is 38.8. The van der Waals surface area contributed by atoms with Crippen LogP contribution < -0.4 is 26.2 Å². The zero-order valence-corrected chi connectivity index (χ0v) is 39.6. The number of anilines is 6. The van der Waals surface area contributed by atoms with Gasteiger partial charge in [0.1, 0.15) is 22.7 Å². The monoisotopic (exact) mass is 864 g/mol. The summed E-state index contributed by atoms with van der Waals surface area (Å²) in [5, 5.41) is 3.55. The lowest BCUT2D eigenvalue weighted by Crippen LogP contribution is -2.62. The van der Waals surface area contributed by atoms with Gasteiger partial charge in [-0.3, -0.25) is 0 Å². The molecule has 5 heterocycles. The number of thiophene rings is 1. The second-order valence-electron chi connectivity index (χ2n) is 20.8. The third kappa shape index (κ3) is 6.31. The Bertz CT molecular complexity index is 3350. The maximum absolute atomic E-state index is 6.62. The van der Waals surface area contributed by atoms with Crippen LogP contribution in [0.1, 0.15) is 74.2 Å². The Labute approximate surface area is 386 Å². The Kier molecular flexibility index (Phi) is 8.78. The first-order valence-electron chi connectivity index (χ1n) is 23.1. The molecule has 0 N–H and O–H groups in total. The Morgan fingerprint density at radius 2 is 1.22 bits per heavy atom. The maximum atomic E-state index is 6.62. The van der Waals surface area contributed by atoms with E-state index in [4.69, 9.17) is 8.83 Å². The van der Waals surface area contributed by atoms with Crippen LogP contribution in [-0.2, 0) is 11.8 Å².